The van der Waals surface area contributed by atoms with Crippen molar-refractivity contribution in [3.63, 3.8) is 0 Å². The van der Waals surface area contributed by atoms with Crippen LogP contribution >= 0.6 is 0 Å². The number of imidazole rings is 1. The number of aromatic nitrogens is 2. The summed E-state index contributed by atoms with van der Waals surface area (Å²) in [5.41, 5.74) is 3.80. The zero-order valence-corrected chi connectivity index (χ0v) is 12.7. The van der Waals surface area contributed by atoms with Gasteiger partial charge in [0.15, 0.2) is 0 Å². The molecule has 4 nitrogen and oxygen atoms in total. The lowest BCUT2D eigenvalue weighted by molar-refractivity contribution is 0.145. The zero-order chi connectivity index (χ0) is 14.2. The quantitative estimate of drug-likeness (QED) is 0.930. The third kappa shape index (κ3) is 2.58. The molecule has 0 bridgehead atoms. The number of aryl methyl sites for hydroxylation is 1. The molecule has 1 aliphatic heterocycles. The van der Waals surface area contributed by atoms with Crippen molar-refractivity contribution < 1.29 is 0 Å². The SMILES string of the molecule is CNC1(C)CCN(Cc2cn3cccc(C)c3n2)CC1. The van der Waals surface area contributed by atoms with Gasteiger partial charge < -0.3 is 9.72 Å². The van der Waals surface area contributed by atoms with E-state index in [1.54, 1.807) is 0 Å². The molecule has 0 atom stereocenters. The molecule has 0 spiro atoms. The van der Waals surface area contributed by atoms with Crippen molar-refractivity contribution in [3.8, 4) is 0 Å². The molecule has 1 fully saturated rings. The molecule has 0 radical (unpaired) electrons. The van der Waals surface area contributed by atoms with E-state index in [9.17, 15) is 0 Å². The molecule has 1 aliphatic rings. The predicted octanol–water partition coefficient (Wildman–Crippen LogP) is 2.22. The van der Waals surface area contributed by atoms with Crippen LogP contribution in [0.15, 0.2) is 24.5 Å². The first-order valence-electron chi connectivity index (χ1n) is 7.44. The summed E-state index contributed by atoms with van der Waals surface area (Å²) in [6.45, 7) is 7.68. The van der Waals surface area contributed by atoms with Gasteiger partial charge in [-0.3, -0.25) is 4.90 Å². The summed E-state index contributed by atoms with van der Waals surface area (Å²) in [5.74, 6) is 0. The summed E-state index contributed by atoms with van der Waals surface area (Å²) < 4.78 is 2.13. The number of nitrogens with zero attached hydrogens (tertiary/aromatic N) is 3. The summed E-state index contributed by atoms with van der Waals surface area (Å²) in [6.07, 6.45) is 6.65. The molecule has 0 aliphatic carbocycles. The number of hydrogen-bond donors (Lipinski definition) is 1. The van der Waals surface area contributed by atoms with Gasteiger partial charge in [-0.1, -0.05) is 6.07 Å². The maximum absolute atomic E-state index is 4.77. The van der Waals surface area contributed by atoms with Gasteiger partial charge in [-0.25, -0.2) is 4.98 Å². The van der Waals surface area contributed by atoms with E-state index in [4.69, 9.17) is 4.98 Å². The molecule has 0 saturated carbocycles. The van der Waals surface area contributed by atoms with Crippen LogP contribution < -0.4 is 5.32 Å². The van der Waals surface area contributed by atoms with Crippen molar-refractivity contribution in [2.24, 2.45) is 0 Å². The van der Waals surface area contributed by atoms with Crippen LogP contribution in [0.2, 0.25) is 0 Å². The van der Waals surface area contributed by atoms with Crippen LogP contribution in [0, 0.1) is 6.92 Å². The molecule has 0 amide bonds. The summed E-state index contributed by atoms with van der Waals surface area (Å²) in [5, 5.41) is 3.45. The second-order valence-corrected chi connectivity index (χ2v) is 6.24. The highest BCUT2D eigenvalue weighted by molar-refractivity contribution is 5.47. The molecular formula is C16H24N4. The minimum atomic E-state index is 0.312. The van der Waals surface area contributed by atoms with Crippen LogP contribution in [-0.4, -0.2) is 40.0 Å². The fourth-order valence-corrected chi connectivity index (χ4v) is 2.96. The molecule has 3 rings (SSSR count). The van der Waals surface area contributed by atoms with Gasteiger partial charge in [-0.2, -0.15) is 0 Å². The Hall–Kier alpha value is -1.39. The van der Waals surface area contributed by atoms with Gasteiger partial charge in [0.05, 0.1) is 5.69 Å². The highest BCUT2D eigenvalue weighted by Gasteiger charge is 2.28. The average molecular weight is 272 g/mol. The Morgan fingerprint density at radius 3 is 2.75 bits per heavy atom. The molecule has 108 valence electrons. The van der Waals surface area contributed by atoms with Crippen LogP contribution in [0.5, 0.6) is 0 Å². The molecule has 2 aromatic heterocycles. The average Bonchev–Trinajstić information content (AvgIpc) is 2.86. The third-order valence-electron chi connectivity index (χ3n) is 4.68. The molecule has 2 aromatic rings. The lowest BCUT2D eigenvalue weighted by Gasteiger charge is -2.39. The van der Waals surface area contributed by atoms with Crippen molar-refractivity contribution in [3.05, 3.63) is 35.8 Å². The monoisotopic (exact) mass is 272 g/mol. The van der Waals surface area contributed by atoms with Gasteiger partial charge in [-0.05, 0) is 45.4 Å². The Labute approximate surface area is 120 Å². The Kier molecular flexibility index (Phi) is 3.52. The van der Waals surface area contributed by atoms with E-state index >= 15 is 0 Å². The van der Waals surface area contributed by atoms with Crippen molar-refractivity contribution in [2.75, 3.05) is 20.1 Å². The fourth-order valence-electron chi connectivity index (χ4n) is 2.96. The first kappa shape index (κ1) is 13.6. The van der Waals surface area contributed by atoms with Crippen LogP contribution in [0.4, 0.5) is 0 Å². The van der Waals surface area contributed by atoms with E-state index in [1.165, 1.54) is 24.1 Å². The number of nitrogens with one attached hydrogen (secondary N) is 1. The highest BCUT2D eigenvalue weighted by atomic mass is 15.2. The van der Waals surface area contributed by atoms with E-state index in [0.29, 0.717) is 5.54 Å². The molecule has 1 saturated heterocycles. The first-order valence-corrected chi connectivity index (χ1v) is 7.44. The lowest BCUT2D eigenvalue weighted by atomic mass is 9.90. The van der Waals surface area contributed by atoms with Gasteiger partial charge in [-0.15, -0.1) is 0 Å². The van der Waals surface area contributed by atoms with Gasteiger partial charge in [0.1, 0.15) is 5.65 Å². The zero-order valence-electron chi connectivity index (χ0n) is 12.7. The smallest absolute Gasteiger partial charge is 0.139 e. The van der Waals surface area contributed by atoms with Crippen molar-refractivity contribution in [2.45, 2.75) is 38.8 Å². The van der Waals surface area contributed by atoms with Crippen molar-refractivity contribution in [1.82, 2.24) is 19.6 Å². The normalized spacial score (nSPS) is 19.6. The van der Waals surface area contributed by atoms with Crippen LogP contribution in [0.1, 0.15) is 31.0 Å². The Balaban J connectivity index is 1.70. The van der Waals surface area contributed by atoms with E-state index < -0.39 is 0 Å². The standard InChI is InChI=1S/C16H24N4/c1-13-5-4-8-20-12-14(18-15(13)20)11-19-9-6-16(2,17-3)7-10-19/h4-5,8,12,17H,6-7,9-11H2,1-3H3. The van der Waals surface area contributed by atoms with Gasteiger partial charge in [0.2, 0.25) is 0 Å². The molecule has 4 heteroatoms. The highest BCUT2D eigenvalue weighted by Crippen LogP contribution is 2.22. The van der Waals surface area contributed by atoms with Crippen molar-refractivity contribution >= 4 is 5.65 Å². The van der Waals surface area contributed by atoms with Crippen molar-refractivity contribution in [1.29, 1.82) is 0 Å². The number of hydrogen-bond acceptors (Lipinski definition) is 3. The van der Waals surface area contributed by atoms with Gasteiger partial charge >= 0.3 is 0 Å². The number of likely N-dealkylation sites (tertiary alicyclic amines) is 1. The largest absolute Gasteiger partial charge is 0.314 e. The summed E-state index contributed by atoms with van der Waals surface area (Å²) in [7, 11) is 2.07. The Bertz CT molecular complexity index is 594. The second kappa shape index (κ2) is 5.19. The summed E-state index contributed by atoms with van der Waals surface area (Å²) in [4.78, 5) is 7.28. The van der Waals surface area contributed by atoms with Crippen LogP contribution in [-0.2, 0) is 6.54 Å². The van der Waals surface area contributed by atoms with E-state index in [0.717, 1.165) is 25.3 Å². The Morgan fingerprint density at radius 1 is 1.35 bits per heavy atom. The van der Waals surface area contributed by atoms with E-state index in [1.807, 2.05) is 0 Å². The second-order valence-electron chi connectivity index (χ2n) is 6.24. The molecule has 0 aromatic carbocycles. The maximum Gasteiger partial charge on any atom is 0.139 e. The summed E-state index contributed by atoms with van der Waals surface area (Å²) >= 11 is 0. The lowest BCUT2D eigenvalue weighted by Crippen LogP contribution is -2.49. The number of fused-ring (bicyclic) bond motifs is 1. The molecular weight excluding hydrogens is 248 g/mol. The van der Waals surface area contributed by atoms with Gasteiger partial charge in [0, 0.05) is 37.6 Å². The predicted molar refractivity (Wildman–Crippen MR) is 81.9 cm³/mol. The maximum atomic E-state index is 4.77. The fraction of sp³-hybridized carbons (Fsp3) is 0.562. The molecule has 3 heterocycles. The third-order valence-corrected chi connectivity index (χ3v) is 4.68. The minimum absolute atomic E-state index is 0.312. The number of pyridine rings is 1. The minimum Gasteiger partial charge on any atom is -0.314 e. The first-order chi connectivity index (χ1) is 9.59. The summed E-state index contributed by atoms with van der Waals surface area (Å²) in [6, 6.07) is 4.19. The van der Waals surface area contributed by atoms with Crippen LogP contribution in [0.3, 0.4) is 0 Å². The van der Waals surface area contributed by atoms with E-state index in [2.05, 4.69) is 60.0 Å². The number of piperidine rings is 1. The topological polar surface area (TPSA) is 32.6 Å². The Morgan fingerprint density at radius 2 is 2.10 bits per heavy atom. The molecule has 0 unspecified atom stereocenters. The molecule has 1 N–H and O–H groups in total. The van der Waals surface area contributed by atoms with Crippen LogP contribution in [0.25, 0.3) is 5.65 Å². The van der Waals surface area contributed by atoms with E-state index in [-0.39, 0.29) is 0 Å². The molecule has 20 heavy (non-hydrogen) atoms. The number of rotatable bonds is 3. The van der Waals surface area contributed by atoms with Gasteiger partial charge in [0.25, 0.3) is 0 Å².